The smallest absolute Gasteiger partial charge is 0.323 e. The Bertz CT molecular complexity index is 1520. The largest absolute Gasteiger partial charge is 0.480 e. The maximum Gasteiger partial charge on any atom is 0.323 e. The molecule has 1 N–H and O–H groups in total. The summed E-state index contributed by atoms with van der Waals surface area (Å²) >= 11 is 0. The fourth-order valence-electron chi connectivity index (χ4n) is 8.61. The highest BCUT2D eigenvalue weighted by atomic mass is 16.4. The molecule has 2 saturated carbocycles. The molecule has 2 saturated heterocycles. The van der Waals surface area contributed by atoms with Gasteiger partial charge in [-0.2, -0.15) is 0 Å². The van der Waals surface area contributed by atoms with Gasteiger partial charge in [0.15, 0.2) is 0 Å². The van der Waals surface area contributed by atoms with Gasteiger partial charge in [-0.05, 0) is 81.0 Å². The third kappa shape index (κ3) is 4.33. The number of para-hydroxylation sites is 2. The van der Waals surface area contributed by atoms with Crippen molar-refractivity contribution >= 4 is 17.0 Å². The Labute approximate surface area is 227 Å². The molecule has 0 amide bonds. The minimum Gasteiger partial charge on any atom is -0.480 e. The number of hydrogen-bond donors (Lipinski definition) is 1. The summed E-state index contributed by atoms with van der Waals surface area (Å²) in [6, 6.07) is 12.6. The quantitative estimate of drug-likeness (QED) is 0.526. The van der Waals surface area contributed by atoms with Crippen LogP contribution in [0, 0.1) is 11.8 Å². The average molecular weight is 529 g/mol. The first-order valence-corrected chi connectivity index (χ1v) is 14.7. The number of hydrogen-bond acceptors (Lipinski definition) is 5. The van der Waals surface area contributed by atoms with Gasteiger partial charge in [0, 0.05) is 30.4 Å². The molecule has 8 nitrogen and oxygen atoms in total. The van der Waals surface area contributed by atoms with Gasteiger partial charge >= 0.3 is 5.97 Å². The molecular formula is C31H36N4O4. The van der Waals surface area contributed by atoms with Crippen LogP contribution in [0.3, 0.4) is 0 Å². The number of carboxylic acids is 1. The molecule has 8 heteroatoms. The molecule has 1 aromatic carbocycles. The summed E-state index contributed by atoms with van der Waals surface area (Å²) in [5.74, 6) is 0.678. The average Bonchev–Trinajstić information content (AvgIpc) is 3.18. The first-order valence-electron chi connectivity index (χ1n) is 14.7. The molecular weight excluding hydrogens is 492 g/mol. The molecule has 3 aromatic rings. The van der Waals surface area contributed by atoms with Gasteiger partial charge in [0.1, 0.15) is 12.2 Å². The van der Waals surface area contributed by atoms with E-state index in [1.54, 1.807) is 12.1 Å². The molecule has 7 rings (SSSR count). The minimum absolute atomic E-state index is 0.0472. The van der Waals surface area contributed by atoms with Crippen molar-refractivity contribution in [2.75, 3.05) is 0 Å². The molecule has 0 radical (unpaired) electrons. The topological polar surface area (TPSA) is 97.4 Å². The predicted octanol–water partition coefficient (Wildman–Crippen LogP) is 4.45. The van der Waals surface area contributed by atoms with Gasteiger partial charge in [-0.3, -0.25) is 19.3 Å². The van der Waals surface area contributed by atoms with E-state index in [-0.39, 0.29) is 22.9 Å². The van der Waals surface area contributed by atoms with Gasteiger partial charge in [-0.15, -0.1) is 0 Å². The number of carbonyl (C=O) groups is 1. The third-order valence-electron chi connectivity index (χ3n) is 10.0. The van der Waals surface area contributed by atoms with Crippen LogP contribution in [-0.2, 0) is 11.3 Å². The summed E-state index contributed by atoms with van der Waals surface area (Å²) in [5, 5.41) is 9.24. The van der Waals surface area contributed by atoms with E-state index in [0.717, 1.165) is 34.8 Å². The molecule has 0 spiro atoms. The van der Waals surface area contributed by atoms with E-state index < -0.39 is 18.1 Å². The number of nitrogens with zero attached hydrogens (tertiary/aromatic N) is 4. The van der Waals surface area contributed by atoms with Crippen molar-refractivity contribution in [1.82, 2.24) is 19.0 Å². The van der Waals surface area contributed by atoms with Crippen molar-refractivity contribution < 1.29 is 9.90 Å². The number of rotatable bonds is 5. The second kappa shape index (κ2) is 9.73. The van der Waals surface area contributed by atoms with Crippen LogP contribution in [0.1, 0.15) is 70.3 Å². The van der Waals surface area contributed by atoms with Gasteiger partial charge in [0.05, 0.1) is 16.6 Å². The monoisotopic (exact) mass is 528 g/mol. The highest BCUT2D eigenvalue weighted by Crippen LogP contribution is 2.48. The van der Waals surface area contributed by atoms with Gasteiger partial charge in [0.25, 0.3) is 11.1 Å². The van der Waals surface area contributed by atoms with Crippen molar-refractivity contribution in [1.29, 1.82) is 0 Å². The summed E-state index contributed by atoms with van der Waals surface area (Å²) in [4.78, 5) is 46.1. The third-order valence-corrected chi connectivity index (χ3v) is 10.0. The molecule has 4 heterocycles. The van der Waals surface area contributed by atoms with Gasteiger partial charge in [-0.25, -0.2) is 4.98 Å². The second-order valence-electron chi connectivity index (χ2n) is 12.4. The fraction of sp³-hybridized carbons (Fsp3) is 0.548. The summed E-state index contributed by atoms with van der Waals surface area (Å²) < 4.78 is 3.03. The van der Waals surface area contributed by atoms with Crippen LogP contribution in [0.4, 0.5) is 0 Å². The Kier molecular flexibility index (Phi) is 6.18. The number of fused-ring (bicyclic) bond motifs is 5. The lowest BCUT2D eigenvalue weighted by Gasteiger charge is -2.49. The van der Waals surface area contributed by atoms with E-state index in [1.165, 1.54) is 57.6 Å². The first-order chi connectivity index (χ1) is 19.0. The Balaban J connectivity index is 1.26. The lowest BCUT2D eigenvalue weighted by molar-refractivity contribution is -0.137. The van der Waals surface area contributed by atoms with Crippen LogP contribution in [0.5, 0.6) is 0 Å². The van der Waals surface area contributed by atoms with Crippen molar-refractivity contribution in [3.05, 3.63) is 63.3 Å². The highest BCUT2D eigenvalue weighted by Gasteiger charge is 2.47. The maximum atomic E-state index is 14.1. The maximum absolute atomic E-state index is 14.1. The molecule has 39 heavy (non-hydrogen) atoms. The normalized spacial score (nSPS) is 30.5. The van der Waals surface area contributed by atoms with Crippen LogP contribution in [0.15, 0.2) is 52.2 Å². The molecule has 2 aliphatic heterocycles. The molecule has 2 aromatic heterocycles. The number of pyridine rings is 1. The van der Waals surface area contributed by atoms with Crippen molar-refractivity contribution in [2.24, 2.45) is 11.8 Å². The van der Waals surface area contributed by atoms with E-state index in [9.17, 15) is 19.5 Å². The van der Waals surface area contributed by atoms with Gasteiger partial charge < -0.3 is 14.2 Å². The molecule has 2 aliphatic carbocycles. The van der Waals surface area contributed by atoms with Crippen LogP contribution < -0.4 is 11.1 Å². The lowest BCUT2D eigenvalue weighted by atomic mass is 9.69. The molecule has 2 unspecified atom stereocenters. The number of carboxylic acid groups (broad SMARTS) is 1. The second-order valence-corrected chi connectivity index (χ2v) is 12.4. The Morgan fingerprint density at radius 3 is 2.26 bits per heavy atom. The Hall–Kier alpha value is -3.26. The Morgan fingerprint density at radius 1 is 0.821 bits per heavy atom. The highest BCUT2D eigenvalue weighted by molar-refractivity contribution is 5.78. The predicted molar refractivity (Wildman–Crippen MR) is 149 cm³/mol. The Morgan fingerprint density at radius 2 is 1.54 bits per heavy atom. The lowest BCUT2D eigenvalue weighted by Crippen LogP contribution is -2.52. The van der Waals surface area contributed by atoms with E-state index in [1.807, 2.05) is 28.8 Å². The van der Waals surface area contributed by atoms with E-state index >= 15 is 0 Å². The standard InChI is InChI=1S/C31H36N4O4/c36-28(37)18-33-12-4-7-25(30(33)38)29-31(39)35(27-9-2-1-8-26(27)32-29)24-16-21-10-11-22(17-24)34(21)23-14-19-5-3-6-20(13-19)15-23/h1-2,4,7-9,12,19-24H,3,5-6,10-11,13-18H2,(H,36,37)/t19-,20+,21-,22+,23?,24?. The number of benzene rings is 1. The van der Waals surface area contributed by atoms with Crippen molar-refractivity contribution in [3.8, 4) is 11.3 Å². The summed E-state index contributed by atoms with van der Waals surface area (Å²) in [6.07, 6.45) is 14.0. The molecule has 4 aliphatic rings. The van der Waals surface area contributed by atoms with E-state index in [4.69, 9.17) is 0 Å². The van der Waals surface area contributed by atoms with E-state index in [2.05, 4.69) is 9.88 Å². The van der Waals surface area contributed by atoms with Gasteiger partial charge in [0.2, 0.25) is 0 Å². The zero-order valence-electron chi connectivity index (χ0n) is 22.2. The molecule has 204 valence electrons. The molecule has 6 atom stereocenters. The number of aromatic nitrogens is 3. The summed E-state index contributed by atoms with van der Waals surface area (Å²) in [5.41, 5.74) is 0.965. The molecule has 4 fully saturated rings. The number of aliphatic carboxylic acids is 1. The molecule has 4 bridgehead atoms. The van der Waals surface area contributed by atoms with E-state index in [0.29, 0.717) is 23.6 Å². The van der Waals surface area contributed by atoms with Crippen molar-refractivity contribution in [3.63, 3.8) is 0 Å². The van der Waals surface area contributed by atoms with Crippen LogP contribution in [0.25, 0.3) is 22.3 Å². The summed E-state index contributed by atoms with van der Waals surface area (Å²) in [7, 11) is 0. The first kappa shape index (κ1) is 24.8. The SMILES string of the molecule is O=C(O)Cn1cccc(-c2nc3ccccc3n(C3C[C@H]4CC[C@@H](C3)N4C3C[C@H]4CCC[C@@H](C3)C4)c2=O)c1=O. The zero-order chi connectivity index (χ0) is 26.7. The number of piperidine rings is 1. The van der Waals surface area contributed by atoms with Crippen LogP contribution in [-0.4, -0.2) is 48.2 Å². The van der Waals surface area contributed by atoms with Crippen LogP contribution in [0.2, 0.25) is 0 Å². The van der Waals surface area contributed by atoms with Crippen molar-refractivity contribution in [2.45, 2.75) is 94.9 Å². The summed E-state index contributed by atoms with van der Waals surface area (Å²) in [6.45, 7) is -0.459. The zero-order valence-corrected chi connectivity index (χ0v) is 22.2. The minimum atomic E-state index is -1.11. The fourth-order valence-corrected chi connectivity index (χ4v) is 8.61. The van der Waals surface area contributed by atoms with Gasteiger partial charge in [-0.1, -0.05) is 31.4 Å². The van der Waals surface area contributed by atoms with Crippen LogP contribution >= 0.6 is 0 Å².